The fraction of sp³-hybridized carbons (Fsp3) is 0.833. The van der Waals surface area contributed by atoms with E-state index >= 15 is 19.2 Å². The highest BCUT2D eigenvalue weighted by molar-refractivity contribution is 5.82. The number of hydrogen-bond acceptors (Lipinski definition) is 32. The van der Waals surface area contributed by atoms with Gasteiger partial charge in [-0.25, -0.2) is 18.7 Å². The summed E-state index contributed by atoms with van der Waals surface area (Å²) in [5.41, 5.74) is 1.55. The van der Waals surface area contributed by atoms with Crippen molar-refractivity contribution in [3.05, 3.63) is 47.6 Å². The molecule has 0 radical (unpaired) electrons. The molecule has 0 aromatic carbocycles. The van der Waals surface area contributed by atoms with Crippen LogP contribution in [0.1, 0.15) is 159 Å². The lowest BCUT2D eigenvalue weighted by Crippen LogP contribution is -2.56. The zero-order valence-corrected chi connectivity index (χ0v) is 66.1. The summed E-state index contributed by atoms with van der Waals surface area (Å²) in [6, 6.07) is 0. The Balaban J connectivity index is 0.644. The zero-order chi connectivity index (χ0) is 78.7. The number of amides is 4. The van der Waals surface area contributed by atoms with Crippen LogP contribution < -0.4 is 0 Å². The van der Waals surface area contributed by atoms with Crippen molar-refractivity contribution in [1.82, 2.24) is 79.6 Å². The third-order valence-corrected chi connectivity index (χ3v) is 22.0. The van der Waals surface area contributed by atoms with Gasteiger partial charge in [0.25, 0.3) is 0 Å². The predicted octanol–water partition coefficient (Wildman–Crippen LogP) is 1.63. The molecular weight excluding hydrogens is 1470 g/mol. The molecule has 616 valence electrons. The van der Waals surface area contributed by atoms with E-state index in [-0.39, 0.29) is 104 Å². The van der Waals surface area contributed by atoms with Gasteiger partial charge < -0.3 is 114 Å². The van der Waals surface area contributed by atoms with Gasteiger partial charge in [0.05, 0.1) is 77.1 Å². The number of nitrogens with zero attached hydrogens (tertiary/aromatic N) is 16. The van der Waals surface area contributed by atoms with Gasteiger partial charge in [-0.2, -0.15) is 0 Å². The van der Waals surface area contributed by atoms with Gasteiger partial charge in [-0.3, -0.25) is 19.2 Å². The Morgan fingerprint density at radius 3 is 0.652 bits per heavy atom. The Labute approximate surface area is 646 Å². The van der Waals surface area contributed by atoms with E-state index in [1.165, 1.54) is 19.6 Å². The maximum atomic E-state index is 15.3. The second-order valence-corrected chi connectivity index (χ2v) is 34.8. The van der Waals surface area contributed by atoms with E-state index in [2.05, 4.69) is 41.2 Å². The van der Waals surface area contributed by atoms with Crippen molar-refractivity contribution in [3.63, 3.8) is 0 Å². The largest absolute Gasteiger partial charge is 0.342 e. The number of ether oxygens (including phenoxy) is 20. The van der Waals surface area contributed by atoms with Crippen LogP contribution in [-0.2, 0) is 166 Å². The van der Waals surface area contributed by atoms with Gasteiger partial charge in [-0.05, 0) is 111 Å². The van der Waals surface area contributed by atoms with Crippen molar-refractivity contribution >= 4 is 23.6 Å². The zero-order valence-electron chi connectivity index (χ0n) is 66.1. The maximum Gasteiger partial charge on any atom is 0.224 e. The second kappa shape index (κ2) is 28.8. The molecule has 0 N–H and O–H groups in total. The summed E-state index contributed by atoms with van der Waals surface area (Å²) in [5, 5.41) is 36.2. The van der Waals surface area contributed by atoms with Crippen molar-refractivity contribution in [2.45, 2.75) is 358 Å². The molecule has 112 heavy (non-hydrogen) atoms. The summed E-state index contributed by atoms with van der Waals surface area (Å²) in [5.74, 6) is -9.19. The normalized spacial score (nSPS) is 38.2. The standard InChI is InChI=1S/C72H104N16O24/c1-65(2)97-49-41(93-61-57(53(49)101-65)105-69(9,10)109-61)33-85-29-37(73-77-85)25-81-21-17-46(90)83(27-39-31-87(79-75-39)35-43-51-55(103-67(5,6)99-51)59-63(95-43)111-71(13,14)107-59)23-19-48(92)84(28-40-32-88(80-76-40)36-44-52-56(104-68(7,8)100-52)60-64(96-44)112-72(15,16)108-60)24-20-47(91)82(22-18-45(81)89)26-38-30-86(78-74-38)34-42-50-54(102-66(3,4)98-50)58-62(94-42)110-70(11,12)106-58/h29-32,41-44,49-64H,17-28,33-36H2,1-16H3/t41-,42-,43-,44-,49+,50+,51+,52+,53+,54+,55+,56+,57-,58-,59-,60-,61-,62-,63-,64-/m1/s1. The van der Waals surface area contributed by atoms with Crippen LogP contribution in [0.25, 0.3) is 0 Å². The topological polar surface area (TPSA) is 389 Å². The van der Waals surface area contributed by atoms with E-state index in [0.29, 0.717) is 22.8 Å². The quantitative estimate of drug-likeness (QED) is 0.154. The summed E-state index contributed by atoms with van der Waals surface area (Å²) in [6.07, 6.45) is -6.11. The van der Waals surface area contributed by atoms with E-state index in [4.69, 9.17) is 94.7 Å². The SMILES string of the molecule is CC1(C)O[C@H]2[C@@H](O1)[C@@H](Cn1cc(CN3CCC(=O)N(Cc4cn(C[C@H]5O[C@@H]6OC(C)(C)O[C@@H]6[C@H]6OC(C)(C)O[C@H]65)nn4)CCC(=O)N(Cc4cn(C[C@H]5O[C@@H]6OC(C)(C)O[C@@H]6[C@H]6OC(C)(C)O[C@H]65)nn4)CCC(=O)N(Cc4cn(C[C@H]5O[C@@H]6OC(C)(C)O[C@@H]6[C@H]6OC(C)(C)O[C@H]65)nn4)CCC3=O)nn1)O[C@@H]1OC(C)(C)O[C@@H]12. The fourth-order valence-corrected chi connectivity index (χ4v) is 17.6. The molecule has 0 spiro atoms. The van der Waals surface area contributed by atoms with E-state index < -0.39 is 193 Å². The molecule has 4 aromatic heterocycles. The predicted molar refractivity (Wildman–Crippen MR) is 370 cm³/mol. The first-order valence-electron chi connectivity index (χ1n) is 38.9. The molecule has 4 aromatic rings. The molecule has 40 heteroatoms. The second-order valence-electron chi connectivity index (χ2n) is 34.8. The fourth-order valence-electron chi connectivity index (χ4n) is 17.6. The number of carbonyl (C=O) groups is 4. The van der Waals surface area contributed by atoms with Gasteiger partial charge in [-0.1, -0.05) is 20.9 Å². The average Bonchev–Trinajstić information content (AvgIpc) is 1.61. The first kappa shape index (κ1) is 78.2. The summed E-state index contributed by atoms with van der Waals surface area (Å²) in [7, 11) is 0. The molecule has 17 rings (SSSR count). The van der Waals surface area contributed by atoms with E-state index in [1.807, 2.05) is 111 Å². The molecule has 4 amide bonds. The number of rotatable bonds is 16. The van der Waals surface area contributed by atoms with Crippen molar-refractivity contribution in [2.24, 2.45) is 0 Å². The minimum absolute atomic E-state index is 0.0979. The Morgan fingerprint density at radius 1 is 0.268 bits per heavy atom. The summed E-state index contributed by atoms with van der Waals surface area (Å²) in [4.78, 5) is 67.2. The van der Waals surface area contributed by atoms with Crippen LogP contribution in [0, 0.1) is 0 Å². The van der Waals surface area contributed by atoms with Crippen LogP contribution in [-0.4, -0.2) is 299 Å². The molecule has 13 fully saturated rings. The summed E-state index contributed by atoms with van der Waals surface area (Å²) < 4.78 is 134. The van der Waals surface area contributed by atoms with Crippen molar-refractivity contribution in [2.75, 3.05) is 26.2 Å². The van der Waals surface area contributed by atoms with Crippen LogP contribution in [0.3, 0.4) is 0 Å². The monoisotopic (exact) mass is 1580 g/mol. The molecule has 13 aliphatic rings. The minimum Gasteiger partial charge on any atom is -0.342 e. The van der Waals surface area contributed by atoms with Gasteiger partial charge in [0.1, 0.15) is 120 Å². The molecule has 40 nitrogen and oxygen atoms in total. The van der Waals surface area contributed by atoms with E-state index in [0.717, 1.165) is 0 Å². The smallest absolute Gasteiger partial charge is 0.224 e. The van der Waals surface area contributed by atoms with E-state index in [1.54, 1.807) is 43.5 Å². The highest BCUT2D eigenvalue weighted by Crippen LogP contribution is 2.49. The number of hydrogen-bond donors (Lipinski definition) is 0. The number of carbonyl (C=O) groups excluding carboxylic acids is 4. The van der Waals surface area contributed by atoms with Crippen molar-refractivity contribution in [1.29, 1.82) is 0 Å². The molecular formula is C72H104N16O24. The Bertz CT molecular complexity index is 3630. The molecule has 13 saturated heterocycles. The Morgan fingerprint density at radius 2 is 0.446 bits per heavy atom. The van der Waals surface area contributed by atoms with Crippen molar-refractivity contribution in [3.8, 4) is 0 Å². The minimum atomic E-state index is -0.950. The lowest BCUT2D eigenvalue weighted by atomic mass is 9.99. The maximum absolute atomic E-state index is 15.3. The van der Waals surface area contributed by atoms with Crippen LogP contribution in [0.5, 0.6) is 0 Å². The van der Waals surface area contributed by atoms with Gasteiger partial charge in [0, 0.05) is 51.9 Å². The van der Waals surface area contributed by atoms with Gasteiger partial charge in [-0.15, -0.1) is 20.4 Å². The molecule has 0 saturated carbocycles. The molecule has 17 heterocycles. The van der Waals surface area contributed by atoms with Crippen LogP contribution in [0.2, 0.25) is 0 Å². The molecule has 13 aliphatic heterocycles. The van der Waals surface area contributed by atoms with Gasteiger partial charge >= 0.3 is 0 Å². The molecule has 20 atom stereocenters. The summed E-state index contributed by atoms with van der Waals surface area (Å²) >= 11 is 0. The molecule has 0 unspecified atom stereocenters. The molecule has 0 aliphatic carbocycles. The Hall–Kier alpha value is -6.36. The van der Waals surface area contributed by atoms with Crippen molar-refractivity contribution < 1.29 is 114 Å². The van der Waals surface area contributed by atoms with Gasteiger partial charge in [0.2, 0.25) is 23.6 Å². The first-order chi connectivity index (χ1) is 52.8. The third kappa shape index (κ3) is 16.4. The number of aromatic nitrogens is 12. The number of fused-ring (bicyclic) bond motifs is 12. The first-order valence-corrected chi connectivity index (χ1v) is 38.9. The van der Waals surface area contributed by atoms with Crippen LogP contribution >= 0.6 is 0 Å². The Kier molecular flexibility index (Phi) is 20.1. The highest BCUT2D eigenvalue weighted by Gasteiger charge is 2.65. The lowest BCUT2D eigenvalue weighted by Gasteiger charge is -2.37. The highest BCUT2D eigenvalue weighted by atomic mass is 16.9. The molecule has 0 bridgehead atoms. The summed E-state index contributed by atoms with van der Waals surface area (Å²) in [6.45, 7) is 28.9. The van der Waals surface area contributed by atoms with Crippen LogP contribution in [0.15, 0.2) is 24.8 Å². The lowest BCUT2D eigenvalue weighted by molar-refractivity contribution is -0.237. The average molecular weight is 1580 g/mol. The third-order valence-electron chi connectivity index (χ3n) is 22.0. The van der Waals surface area contributed by atoms with E-state index in [9.17, 15) is 0 Å². The van der Waals surface area contributed by atoms with Gasteiger partial charge in [0.15, 0.2) is 71.5 Å². The van der Waals surface area contributed by atoms with Crippen LogP contribution in [0.4, 0.5) is 0 Å².